The van der Waals surface area contributed by atoms with Gasteiger partial charge in [-0.1, -0.05) is 17.7 Å². The number of rotatable bonds is 3. The molecular weight excluding hydrogens is 421 g/mol. The second-order valence-electron chi connectivity index (χ2n) is 8.49. The summed E-state index contributed by atoms with van der Waals surface area (Å²) in [4.78, 5) is 27.2. The Morgan fingerprint density at radius 3 is 2.87 bits per heavy atom. The van der Waals surface area contributed by atoms with Crippen molar-refractivity contribution in [2.45, 2.75) is 38.7 Å². The summed E-state index contributed by atoms with van der Waals surface area (Å²) in [6, 6.07) is 6.63. The third-order valence-electron chi connectivity index (χ3n) is 5.01. The zero-order valence-corrected chi connectivity index (χ0v) is 18.3. The van der Waals surface area contributed by atoms with E-state index in [0.29, 0.717) is 29.8 Å². The molecular formula is C22H23ClFN5O2. The van der Waals surface area contributed by atoms with Gasteiger partial charge in [0.15, 0.2) is 5.82 Å². The Labute approximate surface area is 184 Å². The van der Waals surface area contributed by atoms with Gasteiger partial charge in [0.1, 0.15) is 17.7 Å². The van der Waals surface area contributed by atoms with Crippen molar-refractivity contribution in [1.29, 1.82) is 0 Å². The van der Waals surface area contributed by atoms with Crippen molar-refractivity contribution in [1.82, 2.24) is 19.9 Å². The number of aromatic nitrogens is 3. The Hall–Kier alpha value is -3.00. The standard InChI is InChI=1S/C22H23ClFN5O2/c1-22(2,3)31-21(30)29-8-7-13(11-29)17-9-14-18(10-25-17)26-12-27-20(14)28-16-6-4-5-15(23)19(16)24/h4-6,9-10,12-13H,7-8,11H2,1-3H3,(H,26,27,28)/t13-/m0/s1. The molecule has 0 aliphatic carbocycles. The lowest BCUT2D eigenvalue weighted by molar-refractivity contribution is 0.0292. The van der Waals surface area contributed by atoms with Gasteiger partial charge in [-0.15, -0.1) is 0 Å². The summed E-state index contributed by atoms with van der Waals surface area (Å²) in [5, 5.41) is 3.74. The van der Waals surface area contributed by atoms with Gasteiger partial charge in [-0.05, 0) is 45.4 Å². The van der Waals surface area contributed by atoms with Crippen molar-refractivity contribution in [3.05, 3.63) is 53.3 Å². The monoisotopic (exact) mass is 443 g/mol. The predicted molar refractivity (Wildman–Crippen MR) is 117 cm³/mol. The van der Waals surface area contributed by atoms with Crippen molar-refractivity contribution in [2.24, 2.45) is 0 Å². The quantitative estimate of drug-likeness (QED) is 0.592. The van der Waals surface area contributed by atoms with Crippen LogP contribution in [0.25, 0.3) is 10.9 Å². The van der Waals surface area contributed by atoms with Gasteiger partial charge in [-0.2, -0.15) is 0 Å². The number of pyridine rings is 1. The second-order valence-corrected chi connectivity index (χ2v) is 8.89. The fourth-order valence-electron chi connectivity index (χ4n) is 3.52. The Bertz CT molecular complexity index is 1130. The number of nitrogens with zero attached hydrogens (tertiary/aromatic N) is 4. The van der Waals surface area contributed by atoms with E-state index in [1.54, 1.807) is 23.2 Å². The van der Waals surface area contributed by atoms with Crippen LogP contribution in [0.3, 0.4) is 0 Å². The van der Waals surface area contributed by atoms with Crippen LogP contribution < -0.4 is 5.32 Å². The van der Waals surface area contributed by atoms with Crippen LogP contribution in [0.2, 0.25) is 5.02 Å². The van der Waals surface area contributed by atoms with Gasteiger partial charge in [0.25, 0.3) is 0 Å². The van der Waals surface area contributed by atoms with E-state index in [0.717, 1.165) is 12.1 Å². The second kappa shape index (κ2) is 8.26. The van der Waals surface area contributed by atoms with Crippen molar-refractivity contribution in [2.75, 3.05) is 18.4 Å². The highest BCUT2D eigenvalue weighted by Gasteiger charge is 2.31. The number of likely N-dealkylation sites (tertiary alicyclic amines) is 1. The van der Waals surface area contributed by atoms with Crippen LogP contribution >= 0.6 is 11.6 Å². The molecule has 1 aliphatic heterocycles. The largest absolute Gasteiger partial charge is 0.444 e. The van der Waals surface area contributed by atoms with E-state index in [4.69, 9.17) is 16.3 Å². The summed E-state index contributed by atoms with van der Waals surface area (Å²) in [7, 11) is 0. The molecule has 1 fully saturated rings. The van der Waals surface area contributed by atoms with Crippen LogP contribution in [0.1, 0.15) is 38.8 Å². The van der Waals surface area contributed by atoms with E-state index < -0.39 is 11.4 Å². The summed E-state index contributed by atoms with van der Waals surface area (Å²) < 4.78 is 19.8. The molecule has 3 heterocycles. The number of benzene rings is 1. The zero-order chi connectivity index (χ0) is 22.2. The van der Waals surface area contributed by atoms with Gasteiger partial charge < -0.3 is 15.0 Å². The maximum Gasteiger partial charge on any atom is 0.410 e. The van der Waals surface area contributed by atoms with Crippen LogP contribution in [0.4, 0.5) is 20.7 Å². The van der Waals surface area contributed by atoms with Gasteiger partial charge in [0.05, 0.1) is 22.4 Å². The zero-order valence-electron chi connectivity index (χ0n) is 17.5. The molecule has 0 saturated carbocycles. The molecule has 1 aromatic carbocycles. The molecule has 4 rings (SSSR count). The van der Waals surface area contributed by atoms with E-state index >= 15 is 0 Å². The number of ether oxygens (including phenoxy) is 1. The maximum atomic E-state index is 14.3. The first-order valence-corrected chi connectivity index (χ1v) is 10.4. The molecule has 0 spiro atoms. The predicted octanol–water partition coefficient (Wildman–Crippen LogP) is 5.29. The molecule has 162 valence electrons. The lowest BCUT2D eigenvalue weighted by Crippen LogP contribution is -2.35. The Morgan fingerprint density at radius 1 is 1.29 bits per heavy atom. The molecule has 1 saturated heterocycles. The van der Waals surface area contributed by atoms with Crippen molar-refractivity contribution in [3.8, 4) is 0 Å². The SMILES string of the molecule is CC(C)(C)OC(=O)N1CC[C@H](c2cc3c(Nc4cccc(Cl)c4F)ncnc3cn2)C1. The highest BCUT2D eigenvalue weighted by molar-refractivity contribution is 6.31. The topological polar surface area (TPSA) is 80.2 Å². The van der Waals surface area contributed by atoms with Gasteiger partial charge in [-0.25, -0.2) is 19.2 Å². The van der Waals surface area contributed by atoms with Gasteiger partial charge in [0.2, 0.25) is 0 Å². The molecule has 1 atom stereocenters. The summed E-state index contributed by atoms with van der Waals surface area (Å²) in [5.74, 6) is -0.0290. The lowest BCUT2D eigenvalue weighted by atomic mass is 10.0. The minimum absolute atomic E-state index is 0.0268. The summed E-state index contributed by atoms with van der Waals surface area (Å²) in [5.41, 5.74) is 1.14. The van der Waals surface area contributed by atoms with Crippen LogP contribution in [0, 0.1) is 5.82 Å². The molecule has 0 bridgehead atoms. The van der Waals surface area contributed by atoms with E-state index in [1.165, 1.54) is 12.4 Å². The van der Waals surface area contributed by atoms with E-state index in [-0.39, 0.29) is 22.7 Å². The minimum atomic E-state index is -0.547. The first-order chi connectivity index (χ1) is 14.7. The summed E-state index contributed by atoms with van der Waals surface area (Å²) in [6.07, 6.45) is 3.52. The molecule has 2 aromatic heterocycles. The van der Waals surface area contributed by atoms with Crippen molar-refractivity contribution >= 4 is 40.1 Å². The number of halogens is 2. The molecule has 7 nitrogen and oxygen atoms in total. The van der Waals surface area contributed by atoms with E-state index in [2.05, 4.69) is 20.3 Å². The first-order valence-electron chi connectivity index (χ1n) is 10.0. The summed E-state index contributed by atoms with van der Waals surface area (Å²) >= 11 is 5.89. The number of hydrogen-bond donors (Lipinski definition) is 1. The van der Waals surface area contributed by atoms with Crippen LogP contribution in [0.5, 0.6) is 0 Å². The van der Waals surface area contributed by atoms with Crippen molar-refractivity contribution < 1.29 is 13.9 Å². The summed E-state index contributed by atoms with van der Waals surface area (Å²) in [6.45, 7) is 6.66. The third kappa shape index (κ3) is 4.69. The third-order valence-corrected chi connectivity index (χ3v) is 5.30. The highest BCUT2D eigenvalue weighted by Crippen LogP contribution is 2.32. The first kappa shape index (κ1) is 21.2. The molecule has 3 aromatic rings. The molecule has 31 heavy (non-hydrogen) atoms. The number of nitrogens with one attached hydrogen (secondary N) is 1. The van der Waals surface area contributed by atoms with Crippen molar-refractivity contribution in [3.63, 3.8) is 0 Å². The number of hydrogen-bond acceptors (Lipinski definition) is 6. The lowest BCUT2D eigenvalue weighted by Gasteiger charge is -2.24. The van der Waals surface area contributed by atoms with Crippen LogP contribution in [0.15, 0.2) is 36.8 Å². The number of carbonyl (C=O) groups excluding carboxylic acids is 1. The average molecular weight is 444 g/mol. The van der Waals surface area contributed by atoms with E-state index in [9.17, 15) is 9.18 Å². The van der Waals surface area contributed by atoms with Gasteiger partial charge in [-0.3, -0.25) is 4.98 Å². The van der Waals surface area contributed by atoms with Gasteiger partial charge >= 0.3 is 6.09 Å². The normalized spacial score (nSPS) is 16.5. The fourth-order valence-corrected chi connectivity index (χ4v) is 3.69. The number of fused-ring (bicyclic) bond motifs is 1. The molecule has 1 amide bonds. The number of carbonyl (C=O) groups is 1. The molecule has 0 unspecified atom stereocenters. The Morgan fingerprint density at radius 2 is 2.10 bits per heavy atom. The van der Waals surface area contributed by atoms with Crippen LogP contribution in [-0.4, -0.2) is 44.6 Å². The van der Waals surface area contributed by atoms with Gasteiger partial charge in [0, 0.05) is 30.1 Å². The Balaban J connectivity index is 1.59. The van der Waals surface area contributed by atoms with Crippen LogP contribution in [-0.2, 0) is 4.74 Å². The van der Waals surface area contributed by atoms with E-state index in [1.807, 2.05) is 26.8 Å². The molecule has 9 heteroatoms. The number of anilines is 2. The molecule has 1 aliphatic rings. The smallest absolute Gasteiger partial charge is 0.410 e. The molecule has 0 radical (unpaired) electrons. The maximum absolute atomic E-state index is 14.3. The minimum Gasteiger partial charge on any atom is -0.444 e. The highest BCUT2D eigenvalue weighted by atomic mass is 35.5. The fraction of sp³-hybridized carbons (Fsp3) is 0.364. The number of amides is 1. The Kier molecular flexibility index (Phi) is 5.66. The average Bonchev–Trinajstić information content (AvgIpc) is 3.21. The molecule has 1 N–H and O–H groups in total.